The number of allylic oxidation sites excluding steroid dienone is 12. The normalized spacial score (nSPS) is 12.5. The fourth-order valence-electron chi connectivity index (χ4n) is 9.77. The van der Waals surface area contributed by atoms with Gasteiger partial charge in [0.05, 0.1) is 0 Å². The molecule has 0 bridgehead atoms. The average molecular weight is 1090 g/mol. The van der Waals surface area contributed by atoms with Crippen molar-refractivity contribution in [1.29, 1.82) is 0 Å². The van der Waals surface area contributed by atoms with Gasteiger partial charge in [-0.25, -0.2) is 0 Å². The van der Waals surface area contributed by atoms with Crippen LogP contribution in [-0.2, 0) is 28.6 Å². The highest BCUT2D eigenvalue weighted by Gasteiger charge is 2.19. The summed E-state index contributed by atoms with van der Waals surface area (Å²) in [6.07, 6.45) is 86.2. The fourth-order valence-corrected chi connectivity index (χ4v) is 9.77. The number of esters is 3. The molecule has 0 aromatic carbocycles. The minimum absolute atomic E-state index is 0.0822. The molecular weight excluding hydrogens is 961 g/mol. The Morgan fingerprint density at radius 3 is 0.731 bits per heavy atom. The molecule has 0 amide bonds. The van der Waals surface area contributed by atoms with Crippen molar-refractivity contribution in [3.63, 3.8) is 0 Å². The van der Waals surface area contributed by atoms with E-state index in [1.807, 2.05) is 0 Å². The van der Waals surface area contributed by atoms with Crippen molar-refractivity contribution < 1.29 is 28.6 Å². The van der Waals surface area contributed by atoms with Gasteiger partial charge in [0, 0.05) is 19.3 Å². The third kappa shape index (κ3) is 63.7. The molecule has 0 spiro atoms. The van der Waals surface area contributed by atoms with E-state index >= 15 is 0 Å². The van der Waals surface area contributed by atoms with Crippen LogP contribution in [-0.4, -0.2) is 37.2 Å². The zero-order chi connectivity index (χ0) is 56.4. The molecule has 6 heteroatoms. The lowest BCUT2D eigenvalue weighted by Crippen LogP contribution is -2.30. The van der Waals surface area contributed by atoms with Gasteiger partial charge in [-0.1, -0.05) is 286 Å². The molecule has 0 saturated carbocycles. The van der Waals surface area contributed by atoms with Gasteiger partial charge in [0.1, 0.15) is 13.2 Å². The number of carbonyl (C=O) groups is 3. The van der Waals surface area contributed by atoms with Gasteiger partial charge in [-0.15, -0.1) is 0 Å². The Balaban J connectivity index is 4.40. The first-order valence-corrected chi connectivity index (χ1v) is 33.9. The molecule has 0 aromatic rings. The van der Waals surface area contributed by atoms with Gasteiger partial charge >= 0.3 is 17.9 Å². The van der Waals surface area contributed by atoms with Crippen molar-refractivity contribution in [2.24, 2.45) is 0 Å². The van der Waals surface area contributed by atoms with Crippen molar-refractivity contribution in [1.82, 2.24) is 0 Å². The number of hydrogen-bond acceptors (Lipinski definition) is 6. The van der Waals surface area contributed by atoms with E-state index in [0.717, 1.165) is 83.5 Å². The van der Waals surface area contributed by atoms with Crippen LogP contribution in [0.25, 0.3) is 0 Å². The number of rotatable bonds is 62. The summed E-state index contributed by atoms with van der Waals surface area (Å²) in [5.74, 6) is -0.886. The first-order valence-electron chi connectivity index (χ1n) is 33.9. The van der Waals surface area contributed by atoms with Crippen molar-refractivity contribution >= 4 is 17.9 Å². The van der Waals surface area contributed by atoms with E-state index in [0.29, 0.717) is 19.3 Å². The molecule has 452 valence electrons. The monoisotopic (exact) mass is 1090 g/mol. The third-order valence-electron chi connectivity index (χ3n) is 14.9. The smallest absolute Gasteiger partial charge is 0.306 e. The van der Waals surface area contributed by atoms with Crippen LogP contribution in [0, 0.1) is 0 Å². The second kappa shape index (κ2) is 66.4. The summed E-state index contributed by atoms with van der Waals surface area (Å²) in [5, 5.41) is 0. The fraction of sp³-hybridized carbons (Fsp3) is 0.792. The Kier molecular flexibility index (Phi) is 63.7. The molecule has 0 aromatic heterocycles. The lowest BCUT2D eigenvalue weighted by molar-refractivity contribution is -0.167. The molecule has 1 unspecified atom stereocenters. The highest BCUT2D eigenvalue weighted by atomic mass is 16.6. The lowest BCUT2D eigenvalue weighted by Gasteiger charge is -2.18. The topological polar surface area (TPSA) is 78.9 Å². The van der Waals surface area contributed by atoms with E-state index in [1.165, 1.54) is 225 Å². The highest BCUT2D eigenvalue weighted by Crippen LogP contribution is 2.16. The number of unbranched alkanes of at least 4 members (excludes halogenated alkanes) is 39. The molecule has 0 radical (unpaired) electrons. The van der Waals surface area contributed by atoms with E-state index in [1.54, 1.807) is 0 Å². The van der Waals surface area contributed by atoms with Crippen LogP contribution in [0.15, 0.2) is 72.9 Å². The summed E-state index contributed by atoms with van der Waals surface area (Å²) in [6.45, 7) is 6.64. The van der Waals surface area contributed by atoms with Crippen molar-refractivity contribution in [3.05, 3.63) is 72.9 Å². The summed E-state index contributed by atoms with van der Waals surface area (Å²) in [5.41, 5.74) is 0. The van der Waals surface area contributed by atoms with E-state index in [9.17, 15) is 14.4 Å². The quantitative estimate of drug-likeness (QED) is 0.0261. The first-order chi connectivity index (χ1) is 38.5. The van der Waals surface area contributed by atoms with Crippen molar-refractivity contribution in [2.75, 3.05) is 13.2 Å². The second-order valence-electron chi connectivity index (χ2n) is 22.7. The van der Waals surface area contributed by atoms with Crippen LogP contribution in [0.3, 0.4) is 0 Å². The molecular formula is C72H128O6. The second-order valence-corrected chi connectivity index (χ2v) is 22.7. The van der Waals surface area contributed by atoms with Gasteiger partial charge in [-0.05, 0) is 116 Å². The average Bonchev–Trinajstić information content (AvgIpc) is 3.44. The molecule has 0 rings (SSSR count). The Hall–Kier alpha value is -3.15. The molecule has 0 aliphatic rings. The maximum Gasteiger partial charge on any atom is 0.306 e. The SMILES string of the molecule is CCCCCCC/C=C\C/C=C\C/C=C\CCCCCCCCC(=O)OCC(COC(=O)CCCCCCCCC/C=C\CCCCCCCCC)OC(=O)CCCCCCCCCCC/C=C\C/C=C\CCCCCCC. The van der Waals surface area contributed by atoms with E-state index in [2.05, 4.69) is 93.7 Å². The molecule has 0 fully saturated rings. The molecule has 0 aliphatic carbocycles. The van der Waals surface area contributed by atoms with Crippen LogP contribution in [0.5, 0.6) is 0 Å². The molecule has 6 nitrogen and oxygen atoms in total. The molecule has 78 heavy (non-hydrogen) atoms. The molecule has 0 heterocycles. The van der Waals surface area contributed by atoms with Crippen molar-refractivity contribution in [3.8, 4) is 0 Å². The van der Waals surface area contributed by atoms with Gasteiger partial charge in [-0.2, -0.15) is 0 Å². The summed E-state index contributed by atoms with van der Waals surface area (Å²) in [7, 11) is 0. The summed E-state index contributed by atoms with van der Waals surface area (Å²) >= 11 is 0. The maximum atomic E-state index is 12.9. The maximum absolute atomic E-state index is 12.9. The predicted molar refractivity (Wildman–Crippen MR) is 339 cm³/mol. The Labute approximate surface area is 484 Å². The predicted octanol–water partition coefficient (Wildman–Crippen LogP) is 23.3. The summed E-state index contributed by atoms with van der Waals surface area (Å²) in [6, 6.07) is 0. The highest BCUT2D eigenvalue weighted by molar-refractivity contribution is 5.71. The van der Waals surface area contributed by atoms with Gasteiger partial charge in [0.15, 0.2) is 6.10 Å². The zero-order valence-corrected chi connectivity index (χ0v) is 51.9. The van der Waals surface area contributed by atoms with Crippen LogP contribution in [0.4, 0.5) is 0 Å². The van der Waals surface area contributed by atoms with Crippen LogP contribution < -0.4 is 0 Å². The van der Waals surface area contributed by atoms with Gasteiger partial charge in [0.25, 0.3) is 0 Å². The zero-order valence-electron chi connectivity index (χ0n) is 51.9. The van der Waals surface area contributed by atoms with Gasteiger partial charge < -0.3 is 14.2 Å². The molecule has 0 aliphatic heterocycles. The third-order valence-corrected chi connectivity index (χ3v) is 14.9. The summed E-state index contributed by atoms with van der Waals surface area (Å²) < 4.78 is 17.0. The number of hydrogen-bond donors (Lipinski definition) is 0. The van der Waals surface area contributed by atoms with Gasteiger partial charge in [-0.3, -0.25) is 14.4 Å². The Morgan fingerprint density at radius 1 is 0.256 bits per heavy atom. The Morgan fingerprint density at radius 2 is 0.462 bits per heavy atom. The minimum Gasteiger partial charge on any atom is -0.462 e. The number of ether oxygens (including phenoxy) is 3. The van der Waals surface area contributed by atoms with Crippen LogP contribution in [0.1, 0.15) is 348 Å². The summed E-state index contributed by atoms with van der Waals surface area (Å²) in [4.78, 5) is 38.4. The van der Waals surface area contributed by atoms with E-state index in [-0.39, 0.29) is 31.1 Å². The molecule has 0 N–H and O–H groups in total. The minimum atomic E-state index is -0.787. The Bertz CT molecular complexity index is 1440. The first kappa shape index (κ1) is 74.8. The van der Waals surface area contributed by atoms with E-state index < -0.39 is 6.10 Å². The molecule has 0 saturated heterocycles. The van der Waals surface area contributed by atoms with Crippen molar-refractivity contribution in [2.45, 2.75) is 354 Å². The lowest BCUT2D eigenvalue weighted by atomic mass is 10.1. The van der Waals surface area contributed by atoms with E-state index in [4.69, 9.17) is 14.2 Å². The largest absolute Gasteiger partial charge is 0.462 e. The standard InChI is InChI=1S/C72H128O6/c1-4-7-10-13-16-19-22-25-28-31-34-36-38-41-44-47-50-53-56-59-62-65-71(74)77-68-69(67-76-70(73)64-61-58-55-52-49-46-43-40-33-30-27-24-21-18-15-12-9-6-3)78-72(75)66-63-60-57-54-51-48-45-42-39-37-35-32-29-26-23-20-17-14-11-8-5-2/h22-23,25-26,30-35,38,41,69H,4-21,24,27-29,36-37,39-40,42-68H2,1-3H3/b25-22-,26-23-,33-30-,34-31-,35-32-,41-38-. The number of carbonyl (C=O) groups excluding carboxylic acids is 3. The van der Waals surface area contributed by atoms with Gasteiger partial charge in [0.2, 0.25) is 0 Å². The van der Waals surface area contributed by atoms with Crippen LogP contribution in [0.2, 0.25) is 0 Å². The van der Waals surface area contributed by atoms with Crippen LogP contribution >= 0.6 is 0 Å². The molecule has 1 atom stereocenters.